The molecule has 21 heavy (non-hydrogen) atoms. The summed E-state index contributed by atoms with van der Waals surface area (Å²) >= 11 is 0. The van der Waals surface area contributed by atoms with Crippen molar-refractivity contribution in [3.63, 3.8) is 0 Å². The van der Waals surface area contributed by atoms with Gasteiger partial charge in [0.15, 0.2) is 11.5 Å². The van der Waals surface area contributed by atoms with E-state index in [2.05, 4.69) is 0 Å². The average molecular weight is 287 g/mol. The van der Waals surface area contributed by atoms with Crippen molar-refractivity contribution in [1.29, 1.82) is 0 Å². The van der Waals surface area contributed by atoms with Gasteiger partial charge in [-0.1, -0.05) is 18.2 Å². The molecule has 0 radical (unpaired) electrons. The summed E-state index contributed by atoms with van der Waals surface area (Å²) in [6, 6.07) is 11.8. The Morgan fingerprint density at radius 1 is 0.857 bits per heavy atom. The van der Waals surface area contributed by atoms with E-state index in [1.54, 1.807) is 21.3 Å². The molecule has 0 unspecified atom stereocenters. The maximum atomic E-state index is 5.72. The van der Waals surface area contributed by atoms with Crippen LogP contribution in [0.3, 0.4) is 0 Å². The fraction of sp³-hybridized carbons (Fsp3) is 0.294. The van der Waals surface area contributed by atoms with Crippen LogP contribution in [0.1, 0.15) is 5.56 Å². The van der Waals surface area contributed by atoms with Crippen LogP contribution in [-0.4, -0.2) is 27.9 Å². The van der Waals surface area contributed by atoms with Crippen molar-refractivity contribution in [2.45, 2.75) is 6.42 Å². The largest absolute Gasteiger partial charge is 0.497 e. The van der Waals surface area contributed by atoms with Crippen LogP contribution in [0.15, 0.2) is 36.4 Å². The highest BCUT2D eigenvalue weighted by Gasteiger charge is 2.16. The minimum absolute atomic E-state index is 0.582. The molecule has 2 N–H and O–H groups in total. The standard InChI is InChI=1S/C17H21NO3/c1-19-14-7-4-12(5-8-14)16-13(10-11-18)6-9-15(20-2)17(16)21-3/h4-9H,10-11,18H2,1-3H3. The van der Waals surface area contributed by atoms with Crippen molar-refractivity contribution in [2.75, 3.05) is 27.9 Å². The first-order valence-corrected chi connectivity index (χ1v) is 6.83. The van der Waals surface area contributed by atoms with Gasteiger partial charge in [-0.25, -0.2) is 0 Å². The van der Waals surface area contributed by atoms with Gasteiger partial charge < -0.3 is 19.9 Å². The average Bonchev–Trinajstić information content (AvgIpc) is 2.54. The first-order valence-electron chi connectivity index (χ1n) is 6.83. The topological polar surface area (TPSA) is 53.7 Å². The molecule has 0 saturated heterocycles. The van der Waals surface area contributed by atoms with Gasteiger partial charge in [0.1, 0.15) is 5.75 Å². The Kier molecular flexibility index (Phi) is 5.06. The molecule has 0 aromatic heterocycles. The summed E-state index contributed by atoms with van der Waals surface area (Å²) in [7, 11) is 4.94. The van der Waals surface area contributed by atoms with Crippen molar-refractivity contribution >= 4 is 0 Å². The van der Waals surface area contributed by atoms with Crippen LogP contribution in [-0.2, 0) is 6.42 Å². The molecular weight excluding hydrogens is 266 g/mol. The summed E-state index contributed by atoms with van der Waals surface area (Å²) in [4.78, 5) is 0. The van der Waals surface area contributed by atoms with Crippen LogP contribution in [0.5, 0.6) is 17.2 Å². The summed E-state index contributed by atoms with van der Waals surface area (Å²) in [6.07, 6.45) is 0.779. The molecule has 0 bridgehead atoms. The summed E-state index contributed by atoms with van der Waals surface area (Å²) < 4.78 is 16.2. The Bertz CT molecular complexity index is 594. The molecule has 2 aromatic rings. The first kappa shape index (κ1) is 15.2. The molecule has 0 atom stereocenters. The fourth-order valence-corrected chi connectivity index (χ4v) is 2.41. The van der Waals surface area contributed by atoms with E-state index in [-0.39, 0.29) is 0 Å². The van der Waals surface area contributed by atoms with E-state index in [0.29, 0.717) is 12.3 Å². The Balaban J connectivity index is 2.61. The SMILES string of the molecule is COc1ccc(-c2c(CCN)ccc(OC)c2OC)cc1. The maximum absolute atomic E-state index is 5.72. The van der Waals surface area contributed by atoms with E-state index >= 15 is 0 Å². The lowest BCUT2D eigenvalue weighted by molar-refractivity contribution is 0.356. The predicted molar refractivity (Wildman–Crippen MR) is 84.3 cm³/mol. The third kappa shape index (κ3) is 3.11. The molecule has 0 saturated carbocycles. The van der Waals surface area contributed by atoms with E-state index in [4.69, 9.17) is 19.9 Å². The van der Waals surface area contributed by atoms with E-state index in [1.807, 2.05) is 36.4 Å². The lowest BCUT2D eigenvalue weighted by atomic mass is 9.96. The number of rotatable bonds is 6. The number of hydrogen-bond acceptors (Lipinski definition) is 4. The molecule has 4 nitrogen and oxygen atoms in total. The molecule has 0 heterocycles. The second kappa shape index (κ2) is 6.99. The summed E-state index contributed by atoms with van der Waals surface area (Å²) in [5.74, 6) is 2.26. The van der Waals surface area contributed by atoms with Gasteiger partial charge in [-0.3, -0.25) is 0 Å². The Hall–Kier alpha value is -2.20. The van der Waals surface area contributed by atoms with Crippen molar-refractivity contribution in [2.24, 2.45) is 5.73 Å². The number of ether oxygens (including phenoxy) is 3. The number of nitrogens with two attached hydrogens (primary N) is 1. The van der Waals surface area contributed by atoms with Crippen LogP contribution in [0.4, 0.5) is 0 Å². The van der Waals surface area contributed by atoms with Crippen molar-refractivity contribution in [1.82, 2.24) is 0 Å². The van der Waals surface area contributed by atoms with Gasteiger partial charge in [-0.2, -0.15) is 0 Å². The zero-order valence-corrected chi connectivity index (χ0v) is 12.7. The van der Waals surface area contributed by atoms with Crippen LogP contribution in [0, 0.1) is 0 Å². The number of methoxy groups -OCH3 is 3. The lowest BCUT2D eigenvalue weighted by Crippen LogP contribution is -2.05. The van der Waals surface area contributed by atoms with Crippen LogP contribution in [0.2, 0.25) is 0 Å². The van der Waals surface area contributed by atoms with Gasteiger partial charge in [0, 0.05) is 5.56 Å². The molecule has 2 rings (SSSR count). The molecule has 0 amide bonds. The van der Waals surface area contributed by atoms with Gasteiger partial charge in [-0.15, -0.1) is 0 Å². The number of benzene rings is 2. The van der Waals surface area contributed by atoms with Gasteiger partial charge in [0.25, 0.3) is 0 Å². The second-order valence-electron chi connectivity index (χ2n) is 4.60. The van der Waals surface area contributed by atoms with E-state index in [9.17, 15) is 0 Å². The van der Waals surface area contributed by atoms with Crippen molar-refractivity contribution in [3.8, 4) is 28.4 Å². The highest BCUT2D eigenvalue weighted by molar-refractivity contribution is 5.77. The predicted octanol–water partition coefficient (Wildman–Crippen LogP) is 2.88. The molecule has 0 fully saturated rings. The third-order valence-corrected chi connectivity index (χ3v) is 3.42. The summed E-state index contributed by atoms with van der Waals surface area (Å²) in [5.41, 5.74) is 8.93. The maximum Gasteiger partial charge on any atom is 0.168 e. The quantitative estimate of drug-likeness (QED) is 0.887. The monoisotopic (exact) mass is 287 g/mol. The zero-order chi connectivity index (χ0) is 15.2. The minimum atomic E-state index is 0.582. The van der Waals surface area contributed by atoms with Crippen LogP contribution >= 0.6 is 0 Å². The van der Waals surface area contributed by atoms with Crippen LogP contribution < -0.4 is 19.9 Å². The molecular formula is C17H21NO3. The molecule has 2 aromatic carbocycles. The molecule has 0 aliphatic rings. The summed E-state index contributed by atoms with van der Waals surface area (Å²) in [6.45, 7) is 0.582. The Morgan fingerprint density at radius 3 is 2.10 bits per heavy atom. The highest BCUT2D eigenvalue weighted by Crippen LogP contribution is 2.41. The molecule has 4 heteroatoms. The fourth-order valence-electron chi connectivity index (χ4n) is 2.41. The Morgan fingerprint density at radius 2 is 1.57 bits per heavy atom. The molecule has 112 valence electrons. The van der Waals surface area contributed by atoms with Gasteiger partial charge in [0.2, 0.25) is 0 Å². The Labute approximate surface area is 125 Å². The van der Waals surface area contributed by atoms with Crippen LogP contribution in [0.25, 0.3) is 11.1 Å². The number of hydrogen-bond donors (Lipinski definition) is 1. The van der Waals surface area contributed by atoms with Gasteiger partial charge in [-0.05, 0) is 42.3 Å². The van der Waals surface area contributed by atoms with Crippen molar-refractivity contribution in [3.05, 3.63) is 42.0 Å². The zero-order valence-electron chi connectivity index (χ0n) is 12.7. The summed E-state index contributed by atoms with van der Waals surface area (Å²) in [5, 5.41) is 0. The van der Waals surface area contributed by atoms with Gasteiger partial charge >= 0.3 is 0 Å². The van der Waals surface area contributed by atoms with Crippen molar-refractivity contribution < 1.29 is 14.2 Å². The molecule has 0 aliphatic carbocycles. The highest BCUT2D eigenvalue weighted by atomic mass is 16.5. The van der Waals surface area contributed by atoms with Gasteiger partial charge in [0.05, 0.1) is 21.3 Å². The second-order valence-corrected chi connectivity index (χ2v) is 4.60. The van der Waals surface area contributed by atoms with E-state index in [0.717, 1.165) is 34.6 Å². The smallest absolute Gasteiger partial charge is 0.168 e. The molecule has 0 spiro atoms. The third-order valence-electron chi connectivity index (χ3n) is 3.42. The van der Waals surface area contributed by atoms with E-state index in [1.165, 1.54) is 0 Å². The lowest BCUT2D eigenvalue weighted by Gasteiger charge is -2.17. The van der Waals surface area contributed by atoms with E-state index < -0.39 is 0 Å². The molecule has 0 aliphatic heterocycles. The normalized spacial score (nSPS) is 10.3. The minimum Gasteiger partial charge on any atom is -0.497 e. The first-order chi connectivity index (χ1) is 10.2.